The van der Waals surface area contributed by atoms with E-state index in [4.69, 9.17) is 16.2 Å². The number of nitrogen functional groups attached to an aromatic ring is 2. The number of hydrogen-bond donors (Lipinski definition) is 6. The molecule has 8 N–H and O–H groups in total. The van der Waals surface area contributed by atoms with Gasteiger partial charge in [0.15, 0.2) is 28.6 Å². The van der Waals surface area contributed by atoms with Gasteiger partial charge in [0.05, 0.1) is 19.3 Å². The van der Waals surface area contributed by atoms with E-state index in [0.29, 0.717) is 0 Å². The van der Waals surface area contributed by atoms with Crippen molar-refractivity contribution in [3.8, 4) is 0 Å². The number of aliphatic hydroxyl groups is 3. The zero-order valence-electron chi connectivity index (χ0n) is 15.5. The Morgan fingerprint density at radius 1 is 1.06 bits per heavy atom. The first-order valence-electron chi connectivity index (χ1n) is 8.93. The summed E-state index contributed by atoms with van der Waals surface area (Å²) in [7, 11) is 0. The van der Waals surface area contributed by atoms with Crippen molar-refractivity contribution in [1.82, 2.24) is 38.8 Å². The van der Waals surface area contributed by atoms with Crippen LogP contribution in [0.1, 0.15) is 6.23 Å². The van der Waals surface area contributed by atoms with Gasteiger partial charge in [-0.25, -0.2) is 9.97 Å². The molecule has 4 unspecified atom stereocenters. The lowest BCUT2D eigenvalue weighted by Gasteiger charge is -2.21. The number of nitrogens with zero attached hydrogens (tertiary/aromatic N) is 7. The van der Waals surface area contributed by atoms with Crippen molar-refractivity contribution in [2.45, 2.75) is 24.5 Å². The highest BCUT2D eigenvalue weighted by Crippen LogP contribution is 2.32. The number of nitrogens with one attached hydrogen (secondary N) is 1. The van der Waals surface area contributed by atoms with Crippen molar-refractivity contribution >= 4 is 34.2 Å². The van der Waals surface area contributed by atoms with Crippen LogP contribution >= 0.6 is 0 Å². The molecule has 1 aliphatic heterocycles. The molecule has 16 heteroatoms. The van der Waals surface area contributed by atoms with Gasteiger partial charge in [-0.15, -0.1) is 0 Å². The molecule has 31 heavy (non-hydrogen) atoms. The lowest BCUT2D eigenvalue weighted by Crippen LogP contribution is -2.33. The number of nitrogens with two attached hydrogens (primary N) is 2. The normalized spacial score (nSPS) is 23.8. The summed E-state index contributed by atoms with van der Waals surface area (Å²) in [4.78, 5) is 42.8. The van der Waals surface area contributed by atoms with Gasteiger partial charge in [-0.3, -0.25) is 14.2 Å². The van der Waals surface area contributed by atoms with Crippen LogP contribution < -0.4 is 22.6 Å². The summed E-state index contributed by atoms with van der Waals surface area (Å²) < 4.78 is 9.04. The fraction of sp³-hybridized carbons (Fsp3) is 0.333. The molecular formula is C15H16N10O6. The Labute approximate surface area is 170 Å². The van der Waals surface area contributed by atoms with E-state index in [1.54, 1.807) is 0 Å². The monoisotopic (exact) mass is 432 g/mol. The minimum atomic E-state index is -1.47. The number of ether oxygens (including phenoxy) is 1. The van der Waals surface area contributed by atoms with E-state index in [1.807, 2.05) is 0 Å². The molecule has 4 atom stereocenters. The number of anilines is 2. The van der Waals surface area contributed by atoms with Gasteiger partial charge in [-0.1, -0.05) is 0 Å². The maximum absolute atomic E-state index is 12.4. The Morgan fingerprint density at radius 2 is 1.77 bits per heavy atom. The maximum atomic E-state index is 12.4. The summed E-state index contributed by atoms with van der Waals surface area (Å²) in [6.45, 7) is -0.553. The molecule has 1 saturated heterocycles. The second-order valence-corrected chi connectivity index (χ2v) is 6.83. The number of aliphatic hydroxyl groups excluding tert-OH is 3. The van der Waals surface area contributed by atoms with Crippen LogP contribution in [0.4, 0.5) is 11.9 Å². The molecule has 16 nitrogen and oxygen atoms in total. The molecular weight excluding hydrogens is 416 g/mol. The Morgan fingerprint density at radius 3 is 2.48 bits per heavy atom. The van der Waals surface area contributed by atoms with Crippen molar-refractivity contribution in [2.75, 3.05) is 18.1 Å². The average molecular weight is 432 g/mol. The third-order valence-electron chi connectivity index (χ3n) is 5.06. The first-order chi connectivity index (χ1) is 14.8. The minimum Gasteiger partial charge on any atom is -0.394 e. The maximum Gasteiger partial charge on any atom is 0.302 e. The molecule has 0 radical (unpaired) electrons. The molecule has 0 saturated carbocycles. The van der Waals surface area contributed by atoms with Gasteiger partial charge in [-0.2, -0.15) is 19.3 Å². The first kappa shape index (κ1) is 19.1. The highest BCUT2D eigenvalue weighted by molar-refractivity contribution is 5.75. The number of rotatable bonds is 3. The standard InChI is InChI=1S/C15H16N10O6/c16-14-21-10(29)5-9(19-2-18-5)24(14)25-12-6(11(30)22-15(25)17)20-3-23(12)13-8(28)7(27)4(1-26)31-13/h2-4,7-8,13,26-28H,1H2,(H,18,19)(H2,16,21,29)(H2,17,22,30). The minimum absolute atomic E-state index is 0.0134. The van der Waals surface area contributed by atoms with Crippen LogP contribution in [0, 0.1) is 0 Å². The molecule has 0 amide bonds. The van der Waals surface area contributed by atoms with E-state index in [1.165, 1.54) is 17.2 Å². The summed E-state index contributed by atoms with van der Waals surface area (Å²) in [6, 6.07) is 0. The van der Waals surface area contributed by atoms with Crippen molar-refractivity contribution in [1.29, 1.82) is 0 Å². The fourth-order valence-electron chi connectivity index (χ4n) is 3.64. The predicted octanol–water partition coefficient (Wildman–Crippen LogP) is -3.89. The van der Waals surface area contributed by atoms with E-state index < -0.39 is 42.3 Å². The van der Waals surface area contributed by atoms with Crippen molar-refractivity contribution in [2.24, 2.45) is 0 Å². The number of aromatic amines is 1. The lowest BCUT2D eigenvalue weighted by molar-refractivity contribution is -0.0513. The predicted molar refractivity (Wildman–Crippen MR) is 103 cm³/mol. The smallest absolute Gasteiger partial charge is 0.302 e. The Kier molecular flexibility index (Phi) is 4.05. The topological polar surface area (TPSA) is 238 Å². The summed E-state index contributed by atoms with van der Waals surface area (Å²) in [5, 5.41) is 30.0. The van der Waals surface area contributed by atoms with E-state index in [9.17, 15) is 24.9 Å². The molecule has 5 heterocycles. The summed E-state index contributed by atoms with van der Waals surface area (Å²) >= 11 is 0. The molecule has 4 aromatic rings. The van der Waals surface area contributed by atoms with Gasteiger partial charge in [-0.05, 0) is 0 Å². The summed E-state index contributed by atoms with van der Waals surface area (Å²) in [5.74, 6) is -0.676. The summed E-state index contributed by atoms with van der Waals surface area (Å²) in [5.41, 5.74) is 10.4. The second kappa shape index (κ2) is 6.57. The second-order valence-electron chi connectivity index (χ2n) is 6.83. The Bertz CT molecular complexity index is 1440. The molecule has 1 fully saturated rings. The molecule has 1 aliphatic rings. The third kappa shape index (κ3) is 2.56. The number of hydrogen-bond acceptors (Lipinski definition) is 12. The molecule has 162 valence electrons. The number of imidazole rings is 2. The van der Waals surface area contributed by atoms with E-state index in [-0.39, 0.29) is 34.2 Å². The van der Waals surface area contributed by atoms with Crippen molar-refractivity contribution in [3.05, 3.63) is 33.4 Å². The summed E-state index contributed by atoms with van der Waals surface area (Å²) in [6.07, 6.45) is -2.76. The SMILES string of the molecule is Nc1nc(=O)c2[nH]cnc2n1-n1c(N)nc(=O)c2ncn(C3OC(CO)C(O)C3O)c21. The van der Waals surface area contributed by atoms with Crippen LogP contribution in [-0.2, 0) is 4.74 Å². The van der Waals surface area contributed by atoms with Gasteiger partial charge in [0.2, 0.25) is 11.9 Å². The highest BCUT2D eigenvalue weighted by Gasteiger charge is 2.44. The Hall–Kier alpha value is -3.86. The molecule has 0 spiro atoms. The van der Waals surface area contributed by atoms with Gasteiger partial charge < -0.3 is 36.5 Å². The van der Waals surface area contributed by atoms with Crippen molar-refractivity contribution < 1.29 is 20.1 Å². The van der Waals surface area contributed by atoms with Gasteiger partial charge in [0.25, 0.3) is 0 Å². The van der Waals surface area contributed by atoms with E-state index in [0.717, 1.165) is 9.35 Å². The van der Waals surface area contributed by atoms with Crippen LogP contribution in [0.15, 0.2) is 22.2 Å². The molecule has 4 aromatic heterocycles. The Balaban J connectivity index is 1.86. The number of H-pyrrole nitrogens is 1. The third-order valence-corrected chi connectivity index (χ3v) is 5.06. The van der Waals surface area contributed by atoms with Crippen LogP contribution in [0.5, 0.6) is 0 Å². The number of aromatic nitrogens is 8. The largest absolute Gasteiger partial charge is 0.394 e. The van der Waals surface area contributed by atoms with E-state index in [2.05, 4.69) is 24.9 Å². The van der Waals surface area contributed by atoms with Crippen LogP contribution in [-0.4, -0.2) is 79.1 Å². The first-order valence-corrected chi connectivity index (χ1v) is 8.93. The van der Waals surface area contributed by atoms with E-state index >= 15 is 0 Å². The van der Waals surface area contributed by atoms with Crippen LogP contribution in [0.25, 0.3) is 22.3 Å². The molecule has 5 rings (SSSR count). The van der Waals surface area contributed by atoms with Gasteiger partial charge in [0, 0.05) is 0 Å². The number of fused-ring (bicyclic) bond motifs is 2. The molecule has 0 bridgehead atoms. The zero-order chi connectivity index (χ0) is 22.0. The lowest BCUT2D eigenvalue weighted by atomic mass is 10.1. The zero-order valence-corrected chi connectivity index (χ0v) is 15.5. The van der Waals surface area contributed by atoms with Crippen molar-refractivity contribution in [3.63, 3.8) is 0 Å². The molecule has 0 aromatic carbocycles. The van der Waals surface area contributed by atoms with Gasteiger partial charge >= 0.3 is 11.1 Å². The molecule has 0 aliphatic carbocycles. The van der Waals surface area contributed by atoms with Crippen LogP contribution in [0.3, 0.4) is 0 Å². The van der Waals surface area contributed by atoms with Gasteiger partial charge in [0.1, 0.15) is 18.3 Å². The highest BCUT2D eigenvalue weighted by atomic mass is 16.6. The van der Waals surface area contributed by atoms with Crippen LogP contribution in [0.2, 0.25) is 0 Å². The fourth-order valence-corrected chi connectivity index (χ4v) is 3.64. The quantitative estimate of drug-likeness (QED) is 0.182. The average Bonchev–Trinajstić information content (AvgIpc) is 3.43.